The fourth-order valence-corrected chi connectivity index (χ4v) is 1.88. The van der Waals surface area contributed by atoms with Crippen LogP contribution in [0.2, 0.25) is 0 Å². The van der Waals surface area contributed by atoms with E-state index in [1.807, 2.05) is 0 Å². The van der Waals surface area contributed by atoms with Gasteiger partial charge >= 0.3 is 0 Å². The van der Waals surface area contributed by atoms with Gasteiger partial charge in [-0.05, 0) is 12.3 Å². The number of rotatable bonds is 3. The number of carboxylic acids is 1. The maximum atomic E-state index is 10.3. The number of carbonyl (C=O) groups excluding carboxylic acids is 1. The highest BCUT2D eigenvalue weighted by atomic mass is 16.4. The number of carbonyl (C=O) groups is 1. The Kier molecular flexibility index (Phi) is 3.53. The van der Waals surface area contributed by atoms with Gasteiger partial charge in [0.2, 0.25) is 0 Å². The van der Waals surface area contributed by atoms with Crippen molar-refractivity contribution in [3.8, 4) is 0 Å². The van der Waals surface area contributed by atoms with Crippen LogP contribution in [0.1, 0.15) is 38.5 Å². The standard InChI is InChI=1S/C9H17NO2/c10-8(9(11)12)6-7-4-2-1-3-5-7/h7-8H,1-6,10H2,(H,11,12)/p-1. The lowest BCUT2D eigenvalue weighted by molar-refractivity contribution is -0.307. The average molecular weight is 170 g/mol. The predicted molar refractivity (Wildman–Crippen MR) is 44.2 cm³/mol. The number of hydrogen-bond donors (Lipinski definition) is 1. The zero-order valence-corrected chi connectivity index (χ0v) is 7.29. The molecule has 0 aliphatic heterocycles. The van der Waals surface area contributed by atoms with Crippen LogP contribution in [0.3, 0.4) is 0 Å². The lowest BCUT2D eigenvalue weighted by Gasteiger charge is -2.24. The second-order valence-electron chi connectivity index (χ2n) is 3.67. The average Bonchev–Trinajstić information content (AvgIpc) is 2.06. The lowest BCUT2D eigenvalue weighted by Crippen LogP contribution is -2.43. The van der Waals surface area contributed by atoms with Gasteiger partial charge in [-0.25, -0.2) is 0 Å². The van der Waals surface area contributed by atoms with Crippen LogP contribution in [0.5, 0.6) is 0 Å². The van der Waals surface area contributed by atoms with Crippen molar-refractivity contribution in [3.05, 3.63) is 0 Å². The Morgan fingerprint density at radius 2 is 2.00 bits per heavy atom. The highest BCUT2D eigenvalue weighted by molar-refractivity contribution is 5.70. The minimum atomic E-state index is -1.11. The second-order valence-corrected chi connectivity index (χ2v) is 3.67. The molecule has 0 aromatic heterocycles. The molecule has 1 unspecified atom stereocenters. The molecule has 0 spiro atoms. The third-order valence-electron chi connectivity index (χ3n) is 2.61. The number of carboxylic acid groups (broad SMARTS) is 1. The molecule has 1 saturated carbocycles. The minimum absolute atomic E-state index is 0.520. The summed E-state index contributed by atoms with van der Waals surface area (Å²) in [6.07, 6.45) is 6.62. The fraction of sp³-hybridized carbons (Fsp3) is 0.889. The molecule has 1 aliphatic carbocycles. The summed E-state index contributed by atoms with van der Waals surface area (Å²) in [6, 6.07) is -0.756. The molecule has 3 nitrogen and oxygen atoms in total. The smallest absolute Gasteiger partial charge is 0.0582 e. The summed E-state index contributed by atoms with van der Waals surface area (Å²) in [6.45, 7) is 0. The summed E-state index contributed by atoms with van der Waals surface area (Å²) in [5.74, 6) is -0.591. The molecular weight excluding hydrogens is 154 g/mol. The van der Waals surface area contributed by atoms with Crippen LogP contribution >= 0.6 is 0 Å². The monoisotopic (exact) mass is 170 g/mol. The molecule has 0 radical (unpaired) electrons. The van der Waals surface area contributed by atoms with Crippen molar-refractivity contribution in [1.29, 1.82) is 0 Å². The molecule has 2 N–H and O–H groups in total. The van der Waals surface area contributed by atoms with E-state index in [2.05, 4.69) is 0 Å². The van der Waals surface area contributed by atoms with Gasteiger partial charge in [-0.1, -0.05) is 32.1 Å². The molecule has 0 aromatic carbocycles. The topological polar surface area (TPSA) is 66.2 Å². The van der Waals surface area contributed by atoms with Gasteiger partial charge in [0.15, 0.2) is 0 Å². The van der Waals surface area contributed by atoms with Crippen molar-refractivity contribution >= 4 is 5.97 Å². The van der Waals surface area contributed by atoms with Gasteiger partial charge < -0.3 is 15.6 Å². The van der Waals surface area contributed by atoms with E-state index in [0.29, 0.717) is 12.3 Å². The predicted octanol–water partition coefficient (Wildman–Crippen LogP) is 0.0340. The van der Waals surface area contributed by atoms with E-state index in [4.69, 9.17) is 5.73 Å². The molecular formula is C9H16NO2-. The Balaban J connectivity index is 2.24. The van der Waals surface area contributed by atoms with E-state index in [1.165, 1.54) is 19.3 Å². The summed E-state index contributed by atoms with van der Waals surface area (Å²) in [7, 11) is 0. The second kappa shape index (κ2) is 4.45. The SMILES string of the molecule is NC(CC1CCCCC1)C(=O)[O-]. The molecule has 0 amide bonds. The minimum Gasteiger partial charge on any atom is -0.548 e. The van der Waals surface area contributed by atoms with Gasteiger partial charge in [-0.15, -0.1) is 0 Å². The normalized spacial score (nSPS) is 22.1. The van der Waals surface area contributed by atoms with E-state index in [9.17, 15) is 9.90 Å². The van der Waals surface area contributed by atoms with E-state index in [1.54, 1.807) is 0 Å². The van der Waals surface area contributed by atoms with E-state index >= 15 is 0 Å². The van der Waals surface area contributed by atoms with Crippen LogP contribution in [0, 0.1) is 5.92 Å². The van der Waals surface area contributed by atoms with Crippen LogP contribution in [0.4, 0.5) is 0 Å². The van der Waals surface area contributed by atoms with Crippen molar-refractivity contribution in [2.24, 2.45) is 11.7 Å². The molecule has 1 fully saturated rings. The largest absolute Gasteiger partial charge is 0.548 e. The van der Waals surface area contributed by atoms with Gasteiger partial charge in [0.1, 0.15) is 0 Å². The van der Waals surface area contributed by atoms with Crippen molar-refractivity contribution in [2.75, 3.05) is 0 Å². The maximum Gasteiger partial charge on any atom is 0.0582 e. The summed E-state index contributed by atoms with van der Waals surface area (Å²) >= 11 is 0. The highest BCUT2D eigenvalue weighted by Gasteiger charge is 2.16. The molecule has 0 heterocycles. The molecule has 0 aromatic rings. The van der Waals surface area contributed by atoms with E-state index in [-0.39, 0.29) is 0 Å². The van der Waals surface area contributed by atoms with Crippen LogP contribution in [0.25, 0.3) is 0 Å². The third kappa shape index (κ3) is 2.81. The van der Waals surface area contributed by atoms with Crippen LogP contribution in [-0.4, -0.2) is 12.0 Å². The molecule has 1 atom stereocenters. The first kappa shape index (κ1) is 9.52. The Morgan fingerprint density at radius 3 is 2.50 bits per heavy atom. The van der Waals surface area contributed by atoms with Gasteiger partial charge in [-0.2, -0.15) is 0 Å². The number of aliphatic carboxylic acids is 1. The molecule has 70 valence electrons. The van der Waals surface area contributed by atoms with E-state index in [0.717, 1.165) is 12.8 Å². The number of hydrogen-bond acceptors (Lipinski definition) is 3. The quantitative estimate of drug-likeness (QED) is 0.650. The van der Waals surface area contributed by atoms with Crippen LogP contribution in [-0.2, 0) is 4.79 Å². The molecule has 1 rings (SSSR count). The van der Waals surface area contributed by atoms with Gasteiger partial charge in [0.25, 0.3) is 0 Å². The van der Waals surface area contributed by atoms with Crippen molar-refractivity contribution in [1.82, 2.24) is 0 Å². The van der Waals surface area contributed by atoms with Crippen molar-refractivity contribution < 1.29 is 9.90 Å². The van der Waals surface area contributed by atoms with Gasteiger partial charge in [0, 0.05) is 6.04 Å². The Hall–Kier alpha value is -0.570. The van der Waals surface area contributed by atoms with Crippen LogP contribution in [0.15, 0.2) is 0 Å². The van der Waals surface area contributed by atoms with Crippen molar-refractivity contribution in [2.45, 2.75) is 44.6 Å². The number of nitrogens with two attached hydrogens (primary N) is 1. The van der Waals surface area contributed by atoms with Gasteiger partial charge in [-0.3, -0.25) is 0 Å². The van der Waals surface area contributed by atoms with Crippen LogP contribution < -0.4 is 10.8 Å². The summed E-state index contributed by atoms with van der Waals surface area (Å²) < 4.78 is 0. The molecule has 1 aliphatic rings. The molecule has 12 heavy (non-hydrogen) atoms. The first-order chi connectivity index (χ1) is 5.70. The van der Waals surface area contributed by atoms with E-state index < -0.39 is 12.0 Å². The molecule has 3 heteroatoms. The Morgan fingerprint density at radius 1 is 1.42 bits per heavy atom. The fourth-order valence-electron chi connectivity index (χ4n) is 1.88. The Labute approximate surface area is 72.9 Å². The third-order valence-corrected chi connectivity index (χ3v) is 2.61. The van der Waals surface area contributed by atoms with Crippen molar-refractivity contribution in [3.63, 3.8) is 0 Å². The maximum absolute atomic E-state index is 10.3. The van der Waals surface area contributed by atoms with Gasteiger partial charge in [0.05, 0.1) is 5.97 Å². The first-order valence-electron chi connectivity index (χ1n) is 4.66. The Bertz CT molecular complexity index is 153. The molecule has 0 bridgehead atoms. The highest BCUT2D eigenvalue weighted by Crippen LogP contribution is 2.26. The lowest BCUT2D eigenvalue weighted by atomic mass is 9.85. The zero-order valence-electron chi connectivity index (χ0n) is 7.29. The molecule has 0 saturated heterocycles. The zero-order chi connectivity index (χ0) is 8.97. The summed E-state index contributed by atoms with van der Waals surface area (Å²) in [5, 5.41) is 10.3. The first-order valence-corrected chi connectivity index (χ1v) is 4.66. The summed E-state index contributed by atoms with van der Waals surface area (Å²) in [5.41, 5.74) is 5.39. The summed E-state index contributed by atoms with van der Waals surface area (Å²) in [4.78, 5) is 10.3.